The zero-order valence-corrected chi connectivity index (χ0v) is 17.6. The Balaban J connectivity index is 1.39. The average Bonchev–Trinajstić information content (AvgIpc) is 3.44. The van der Waals surface area contributed by atoms with Gasteiger partial charge in [0.05, 0.1) is 32.1 Å². The minimum Gasteiger partial charge on any atom is -0.469 e. The van der Waals surface area contributed by atoms with E-state index in [1.807, 2.05) is 12.1 Å². The Bertz CT molecular complexity index is 636. The van der Waals surface area contributed by atoms with Gasteiger partial charge < -0.3 is 28.8 Å². The van der Waals surface area contributed by atoms with Crippen molar-refractivity contribution in [2.45, 2.75) is 57.3 Å². The maximum Gasteiger partial charge on any atom is 0.194 e. The maximum atomic E-state index is 5.95. The lowest BCUT2D eigenvalue weighted by atomic mass is 9.90. The van der Waals surface area contributed by atoms with Gasteiger partial charge in [-0.2, -0.15) is 0 Å². The fourth-order valence-corrected chi connectivity index (χ4v) is 4.52. The van der Waals surface area contributed by atoms with Crippen LogP contribution in [0.25, 0.3) is 0 Å². The SMILES string of the molecule is CC1(C2CCCN(C(=NCC3CCCCO3)NCCc3ccco3)C2)OCCO1. The minimum atomic E-state index is -0.468. The van der Waals surface area contributed by atoms with E-state index >= 15 is 0 Å². The molecular formula is C22H35N3O4. The molecule has 2 unspecified atom stereocenters. The second-order valence-electron chi connectivity index (χ2n) is 8.41. The summed E-state index contributed by atoms with van der Waals surface area (Å²) in [6.07, 6.45) is 8.55. The van der Waals surface area contributed by atoms with Crippen molar-refractivity contribution in [2.75, 3.05) is 46.0 Å². The lowest BCUT2D eigenvalue weighted by Crippen LogP contribution is -2.52. The van der Waals surface area contributed by atoms with E-state index in [2.05, 4.69) is 17.1 Å². The van der Waals surface area contributed by atoms with E-state index < -0.39 is 5.79 Å². The highest BCUT2D eigenvalue weighted by Crippen LogP contribution is 2.34. The molecule has 2 atom stereocenters. The fraction of sp³-hybridized carbons (Fsp3) is 0.773. The van der Waals surface area contributed by atoms with Crippen molar-refractivity contribution >= 4 is 5.96 Å². The average molecular weight is 406 g/mol. The van der Waals surface area contributed by atoms with Crippen LogP contribution in [0.1, 0.15) is 44.8 Å². The molecule has 0 aliphatic carbocycles. The summed E-state index contributed by atoms with van der Waals surface area (Å²) in [4.78, 5) is 7.34. The summed E-state index contributed by atoms with van der Waals surface area (Å²) in [7, 11) is 0. The molecule has 0 bridgehead atoms. The van der Waals surface area contributed by atoms with Gasteiger partial charge in [-0.3, -0.25) is 4.99 Å². The number of piperidine rings is 1. The molecule has 4 heterocycles. The van der Waals surface area contributed by atoms with Gasteiger partial charge in [-0.05, 0) is 51.2 Å². The van der Waals surface area contributed by atoms with Crippen molar-refractivity contribution in [1.82, 2.24) is 10.2 Å². The van der Waals surface area contributed by atoms with Crippen molar-refractivity contribution in [3.8, 4) is 0 Å². The molecule has 1 aromatic heterocycles. The molecule has 3 aliphatic rings. The van der Waals surface area contributed by atoms with Gasteiger partial charge in [0.25, 0.3) is 0 Å². The Labute approximate surface area is 173 Å². The number of furan rings is 1. The largest absolute Gasteiger partial charge is 0.469 e. The molecule has 7 heteroatoms. The number of aliphatic imine (C=N–C) groups is 1. The van der Waals surface area contributed by atoms with Gasteiger partial charge in [-0.1, -0.05) is 0 Å². The van der Waals surface area contributed by atoms with Crippen LogP contribution in [-0.4, -0.2) is 68.8 Å². The summed E-state index contributed by atoms with van der Waals surface area (Å²) >= 11 is 0. The third-order valence-electron chi connectivity index (χ3n) is 6.28. The predicted octanol–water partition coefficient (Wildman–Crippen LogP) is 2.81. The van der Waals surface area contributed by atoms with E-state index in [9.17, 15) is 0 Å². The van der Waals surface area contributed by atoms with Crippen LogP contribution in [0.2, 0.25) is 0 Å². The van der Waals surface area contributed by atoms with Gasteiger partial charge in [0.15, 0.2) is 11.7 Å². The van der Waals surface area contributed by atoms with Crippen molar-refractivity contribution < 1.29 is 18.6 Å². The molecular weight excluding hydrogens is 370 g/mol. The highest BCUT2D eigenvalue weighted by molar-refractivity contribution is 5.80. The summed E-state index contributed by atoms with van der Waals surface area (Å²) < 4.78 is 23.3. The lowest BCUT2D eigenvalue weighted by Gasteiger charge is -2.41. The molecule has 1 N–H and O–H groups in total. The Morgan fingerprint density at radius 2 is 2.10 bits per heavy atom. The Kier molecular flexibility index (Phi) is 7.11. The minimum absolute atomic E-state index is 0.241. The molecule has 3 saturated heterocycles. The smallest absolute Gasteiger partial charge is 0.194 e. The second-order valence-corrected chi connectivity index (χ2v) is 8.41. The highest BCUT2D eigenvalue weighted by atomic mass is 16.7. The number of rotatable bonds is 6. The number of nitrogens with zero attached hydrogens (tertiary/aromatic N) is 2. The molecule has 0 saturated carbocycles. The topological polar surface area (TPSA) is 68.5 Å². The van der Waals surface area contributed by atoms with E-state index in [-0.39, 0.29) is 6.10 Å². The Morgan fingerprint density at radius 1 is 1.21 bits per heavy atom. The first-order valence-electron chi connectivity index (χ1n) is 11.2. The molecule has 3 aliphatic heterocycles. The Hall–Kier alpha value is -1.57. The van der Waals surface area contributed by atoms with Crippen LogP contribution in [0.15, 0.2) is 27.8 Å². The first-order valence-corrected chi connectivity index (χ1v) is 11.2. The van der Waals surface area contributed by atoms with Crippen molar-refractivity contribution in [1.29, 1.82) is 0 Å². The zero-order valence-electron chi connectivity index (χ0n) is 17.6. The van der Waals surface area contributed by atoms with Crippen molar-refractivity contribution in [2.24, 2.45) is 10.9 Å². The molecule has 1 aromatic rings. The zero-order chi connectivity index (χ0) is 19.9. The first-order chi connectivity index (χ1) is 14.2. The lowest BCUT2D eigenvalue weighted by molar-refractivity contribution is -0.189. The number of hydrogen-bond acceptors (Lipinski definition) is 5. The quantitative estimate of drug-likeness (QED) is 0.580. The van der Waals surface area contributed by atoms with Gasteiger partial charge in [0, 0.05) is 38.6 Å². The molecule has 7 nitrogen and oxygen atoms in total. The molecule has 0 amide bonds. The van der Waals surface area contributed by atoms with Crippen molar-refractivity contribution in [3.63, 3.8) is 0 Å². The Morgan fingerprint density at radius 3 is 2.86 bits per heavy atom. The molecule has 0 radical (unpaired) electrons. The van der Waals surface area contributed by atoms with Crippen LogP contribution in [0.5, 0.6) is 0 Å². The van der Waals surface area contributed by atoms with E-state index in [1.54, 1.807) is 6.26 Å². The molecule has 29 heavy (non-hydrogen) atoms. The fourth-order valence-electron chi connectivity index (χ4n) is 4.52. The molecule has 0 spiro atoms. The van der Waals surface area contributed by atoms with Crippen LogP contribution in [0, 0.1) is 5.92 Å². The second kappa shape index (κ2) is 9.96. The molecule has 3 fully saturated rings. The maximum absolute atomic E-state index is 5.95. The van der Waals surface area contributed by atoms with Gasteiger partial charge in [0.2, 0.25) is 0 Å². The van der Waals surface area contributed by atoms with E-state index in [0.717, 1.165) is 63.6 Å². The van der Waals surface area contributed by atoms with E-state index in [0.29, 0.717) is 25.7 Å². The summed E-state index contributed by atoms with van der Waals surface area (Å²) in [5, 5.41) is 3.57. The normalized spacial score (nSPS) is 27.9. The summed E-state index contributed by atoms with van der Waals surface area (Å²) in [5.41, 5.74) is 0. The molecule has 0 aromatic carbocycles. The van der Waals surface area contributed by atoms with Crippen LogP contribution in [0.4, 0.5) is 0 Å². The van der Waals surface area contributed by atoms with Crippen molar-refractivity contribution in [3.05, 3.63) is 24.2 Å². The van der Waals surface area contributed by atoms with Crippen LogP contribution >= 0.6 is 0 Å². The van der Waals surface area contributed by atoms with Gasteiger partial charge >= 0.3 is 0 Å². The highest BCUT2D eigenvalue weighted by Gasteiger charge is 2.42. The molecule has 162 valence electrons. The standard InChI is InChI=1S/C22H35N3O4/c1-22(28-14-15-29-22)18-6-4-11-25(17-18)21(23-10-9-19-8-5-13-26-19)24-16-20-7-2-3-12-27-20/h5,8,13,18,20H,2-4,6-7,9-12,14-17H2,1H3,(H,23,24). The third-order valence-corrected chi connectivity index (χ3v) is 6.28. The van der Waals surface area contributed by atoms with E-state index in [4.69, 9.17) is 23.6 Å². The predicted molar refractivity (Wildman–Crippen MR) is 111 cm³/mol. The number of guanidine groups is 1. The summed E-state index contributed by atoms with van der Waals surface area (Å²) in [5.74, 6) is 1.84. The number of hydrogen-bond donors (Lipinski definition) is 1. The summed E-state index contributed by atoms with van der Waals surface area (Å²) in [6.45, 7) is 7.74. The van der Waals surface area contributed by atoms with Gasteiger partial charge in [-0.25, -0.2) is 0 Å². The number of ether oxygens (including phenoxy) is 3. The monoisotopic (exact) mass is 405 g/mol. The molecule has 4 rings (SSSR count). The third kappa shape index (κ3) is 5.53. The van der Waals surface area contributed by atoms with Crippen LogP contribution in [-0.2, 0) is 20.6 Å². The van der Waals surface area contributed by atoms with Gasteiger partial charge in [0.1, 0.15) is 5.76 Å². The van der Waals surface area contributed by atoms with E-state index in [1.165, 1.54) is 12.8 Å². The first kappa shape index (κ1) is 20.7. The van der Waals surface area contributed by atoms with Crippen LogP contribution in [0.3, 0.4) is 0 Å². The van der Waals surface area contributed by atoms with Gasteiger partial charge in [-0.15, -0.1) is 0 Å². The number of nitrogens with one attached hydrogen (secondary N) is 1. The van der Waals surface area contributed by atoms with Crippen LogP contribution < -0.4 is 5.32 Å². The summed E-state index contributed by atoms with van der Waals surface area (Å²) in [6, 6.07) is 3.95. The number of likely N-dealkylation sites (tertiary alicyclic amines) is 1.